The SMILES string of the molecule is c1cc2c(cc1Cc1nn3c(CSC4=NCCS4)nnc3s1)OCCO2. The number of ether oxygens (including phenoxy) is 2. The molecule has 0 N–H and O–H groups in total. The third-order valence-electron chi connectivity index (χ3n) is 3.94. The van der Waals surface area contributed by atoms with E-state index in [-0.39, 0.29) is 0 Å². The number of hydrogen-bond donors (Lipinski definition) is 0. The molecule has 1 aromatic carbocycles. The molecule has 0 aliphatic carbocycles. The zero-order valence-corrected chi connectivity index (χ0v) is 16.2. The Balaban J connectivity index is 1.33. The van der Waals surface area contributed by atoms with Gasteiger partial charge in [-0.15, -0.1) is 10.2 Å². The first kappa shape index (κ1) is 16.4. The first-order valence-electron chi connectivity index (χ1n) is 8.24. The minimum Gasteiger partial charge on any atom is -0.486 e. The predicted octanol–water partition coefficient (Wildman–Crippen LogP) is 2.88. The minimum atomic E-state index is 0.595. The van der Waals surface area contributed by atoms with Gasteiger partial charge in [0.2, 0.25) is 4.96 Å². The van der Waals surface area contributed by atoms with E-state index in [1.807, 2.05) is 16.6 Å². The number of thioether (sulfide) groups is 2. The highest BCUT2D eigenvalue weighted by atomic mass is 32.2. The molecule has 0 atom stereocenters. The van der Waals surface area contributed by atoms with Crippen molar-refractivity contribution in [3.05, 3.63) is 34.6 Å². The molecule has 0 spiro atoms. The standard InChI is InChI=1S/C16H15N5O2S3/c1-2-11-12(23-5-4-22-11)7-10(1)8-14-20-21-13(18-19-15(21)26-14)9-25-16-17-3-6-24-16/h1-2,7H,3-6,8-9H2. The zero-order chi connectivity index (χ0) is 17.3. The molecular formula is C16H15N5O2S3. The fourth-order valence-electron chi connectivity index (χ4n) is 2.76. The molecule has 4 heterocycles. The number of aromatic nitrogens is 4. The van der Waals surface area contributed by atoms with Gasteiger partial charge in [-0.25, -0.2) is 0 Å². The van der Waals surface area contributed by atoms with E-state index in [4.69, 9.17) is 14.6 Å². The van der Waals surface area contributed by atoms with Crippen molar-refractivity contribution in [3.8, 4) is 11.5 Å². The van der Waals surface area contributed by atoms with E-state index in [2.05, 4.69) is 21.3 Å². The van der Waals surface area contributed by atoms with Gasteiger partial charge >= 0.3 is 0 Å². The third kappa shape index (κ3) is 3.28. The molecule has 2 aliphatic rings. The minimum absolute atomic E-state index is 0.595. The van der Waals surface area contributed by atoms with Gasteiger partial charge < -0.3 is 9.47 Å². The Hall–Kier alpha value is -1.78. The molecule has 0 saturated heterocycles. The summed E-state index contributed by atoms with van der Waals surface area (Å²) >= 11 is 5.08. The molecule has 5 rings (SSSR count). The molecule has 26 heavy (non-hydrogen) atoms. The topological polar surface area (TPSA) is 73.9 Å². The summed E-state index contributed by atoms with van der Waals surface area (Å²) in [6.45, 7) is 2.12. The van der Waals surface area contributed by atoms with Gasteiger partial charge in [-0.1, -0.05) is 40.9 Å². The van der Waals surface area contributed by atoms with E-state index in [0.29, 0.717) is 13.2 Å². The Labute approximate surface area is 162 Å². The number of rotatable bonds is 4. The van der Waals surface area contributed by atoms with Crippen LogP contribution >= 0.6 is 34.9 Å². The van der Waals surface area contributed by atoms with Crippen LogP contribution in [-0.2, 0) is 12.2 Å². The molecule has 2 aromatic heterocycles. The molecule has 0 saturated carbocycles. The second kappa shape index (κ2) is 7.09. The maximum atomic E-state index is 5.66. The van der Waals surface area contributed by atoms with Crippen molar-refractivity contribution in [2.75, 3.05) is 25.5 Å². The maximum absolute atomic E-state index is 5.66. The molecule has 0 radical (unpaired) electrons. The predicted molar refractivity (Wildman–Crippen MR) is 105 cm³/mol. The summed E-state index contributed by atoms with van der Waals surface area (Å²) in [7, 11) is 0. The molecule has 7 nitrogen and oxygen atoms in total. The van der Waals surface area contributed by atoms with Gasteiger partial charge in [-0.3, -0.25) is 4.99 Å². The highest BCUT2D eigenvalue weighted by molar-refractivity contribution is 8.38. The largest absolute Gasteiger partial charge is 0.486 e. The Morgan fingerprint density at radius 2 is 2.08 bits per heavy atom. The number of nitrogens with zero attached hydrogens (tertiary/aromatic N) is 5. The van der Waals surface area contributed by atoms with Crippen LogP contribution in [0.4, 0.5) is 0 Å². The molecule has 0 fully saturated rings. The van der Waals surface area contributed by atoms with Crippen molar-refractivity contribution in [1.82, 2.24) is 19.8 Å². The van der Waals surface area contributed by atoms with Crippen LogP contribution in [0.3, 0.4) is 0 Å². The number of hydrogen-bond acceptors (Lipinski definition) is 9. The molecule has 134 valence electrons. The van der Waals surface area contributed by atoms with Crippen LogP contribution in [0.1, 0.15) is 16.4 Å². The number of aliphatic imine (C=N–C) groups is 1. The van der Waals surface area contributed by atoms with E-state index >= 15 is 0 Å². The third-order valence-corrected chi connectivity index (χ3v) is 7.09. The lowest BCUT2D eigenvalue weighted by molar-refractivity contribution is 0.171. The Morgan fingerprint density at radius 3 is 2.96 bits per heavy atom. The average molecular weight is 406 g/mol. The smallest absolute Gasteiger partial charge is 0.234 e. The summed E-state index contributed by atoms with van der Waals surface area (Å²) in [4.78, 5) is 5.28. The van der Waals surface area contributed by atoms with Crippen molar-refractivity contribution in [2.24, 2.45) is 4.99 Å². The summed E-state index contributed by atoms with van der Waals surface area (Å²) in [5, 5.41) is 14.2. The summed E-state index contributed by atoms with van der Waals surface area (Å²) in [6.07, 6.45) is 0.736. The Bertz CT molecular complexity index is 984. The first-order valence-corrected chi connectivity index (χ1v) is 11.0. The van der Waals surface area contributed by atoms with Crippen molar-refractivity contribution < 1.29 is 9.47 Å². The molecule has 0 amide bonds. The van der Waals surface area contributed by atoms with Gasteiger partial charge in [0.05, 0.1) is 12.3 Å². The second-order valence-electron chi connectivity index (χ2n) is 5.75. The lowest BCUT2D eigenvalue weighted by Crippen LogP contribution is -2.15. The molecule has 3 aromatic rings. The summed E-state index contributed by atoms with van der Waals surface area (Å²) in [5.41, 5.74) is 1.15. The van der Waals surface area contributed by atoms with E-state index < -0.39 is 0 Å². The van der Waals surface area contributed by atoms with Gasteiger partial charge in [-0.05, 0) is 17.7 Å². The van der Waals surface area contributed by atoms with Crippen LogP contribution in [0.2, 0.25) is 0 Å². The maximum Gasteiger partial charge on any atom is 0.234 e. The highest BCUT2D eigenvalue weighted by Gasteiger charge is 2.16. The van der Waals surface area contributed by atoms with Crippen LogP contribution in [0, 0.1) is 0 Å². The average Bonchev–Trinajstić information content (AvgIpc) is 3.38. The van der Waals surface area contributed by atoms with Crippen LogP contribution < -0.4 is 9.47 Å². The molecule has 2 aliphatic heterocycles. The summed E-state index contributed by atoms with van der Waals surface area (Å²) < 4.78 is 14.2. The summed E-state index contributed by atoms with van der Waals surface area (Å²) in [5.74, 6) is 4.30. The summed E-state index contributed by atoms with van der Waals surface area (Å²) in [6, 6.07) is 6.05. The number of fused-ring (bicyclic) bond motifs is 2. The van der Waals surface area contributed by atoms with Gasteiger partial charge in [0, 0.05) is 12.2 Å². The van der Waals surface area contributed by atoms with E-state index in [9.17, 15) is 0 Å². The van der Waals surface area contributed by atoms with Crippen molar-refractivity contribution in [1.29, 1.82) is 0 Å². The second-order valence-corrected chi connectivity index (χ2v) is 9.09. The van der Waals surface area contributed by atoms with Crippen molar-refractivity contribution in [2.45, 2.75) is 12.2 Å². The van der Waals surface area contributed by atoms with Gasteiger partial charge in [0.25, 0.3) is 0 Å². The van der Waals surface area contributed by atoms with Crippen molar-refractivity contribution >= 4 is 44.2 Å². The first-order chi connectivity index (χ1) is 12.8. The van der Waals surface area contributed by atoms with E-state index in [1.165, 1.54) is 0 Å². The fourth-order valence-corrected chi connectivity index (χ4v) is 5.56. The molecule has 0 bridgehead atoms. The quantitative estimate of drug-likeness (QED) is 0.661. The van der Waals surface area contributed by atoms with Gasteiger partial charge in [0.15, 0.2) is 17.3 Å². The molecular weight excluding hydrogens is 390 g/mol. The monoisotopic (exact) mass is 405 g/mol. The fraction of sp³-hybridized carbons (Fsp3) is 0.375. The van der Waals surface area contributed by atoms with Gasteiger partial charge in [-0.2, -0.15) is 9.61 Å². The Kier molecular flexibility index (Phi) is 4.47. The Morgan fingerprint density at radius 1 is 1.15 bits per heavy atom. The van der Waals surface area contributed by atoms with E-state index in [0.717, 1.165) is 61.7 Å². The number of benzene rings is 1. The normalized spacial score (nSPS) is 16.2. The highest BCUT2D eigenvalue weighted by Crippen LogP contribution is 2.32. The van der Waals surface area contributed by atoms with Crippen LogP contribution in [0.15, 0.2) is 23.2 Å². The van der Waals surface area contributed by atoms with Crippen molar-refractivity contribution in [3.63, 3.8) is 0 Å². The van der Waals surface area contributed by atoms with Crippen LogP contribution in [-0.4, -0.2) is 49.7 Å². The lowest BCUT2D eigenvalue weighted by atomic mass is 10.1. The lowest BCUT2D eigenvalue weighted by Gasteiger charge is -2.18. The zero-order valence-electron chi connectivity index (χ0n) is 13.8. The van der Waals surface area contributed by atoms with E-state index in [1.54, 1.807) is 34.9 Å². The van der Waals surface area contributed by atoms with Crippen LogP contribution in [0.5, 0.6) is 11.5 Å². The molecule has 10 heteroatoms. The molecule has 0 unspecified atom stereocenters. The van der Waals surface area contributed by atoms with Crippen LogP contribution in [0.25, 0.3) is 4.96 Å². The van der Waals surface area contributed by atoms with Gasteiger partial charge in [0.1, 0.15) is 22.6 Å².